The van der Waals surface area contributed by atoms with Crippen molar-refractivity contribution >= 4 is 11.8 Å². The number of carbonyl (C=O) groups excluding carboxylic acids is 1. The molecule has 0 radical (unpaired) electrons. The molecule has 1 amide bonds. The summed E-state index contributed by atoms with van der Waals surface area (Å²) in [5.74, 6) is 1.85. The highest BCUT2D eigenvalue weighted by Crippen LogP contribution is 2.32. The van der Waals surface area contributed by atoms with E-state index in [0.717, 1.165) is 56.4 Å². The molecule has 2 fully saturated rings. The van der Waals surface area contributed by atoms with Gasteiger partial charge < -0.3 is 14.2 Å². The fourth-order valence-corrected chi connectivity index (χ4v) is 4.27. The number of oxazole rings is 1. The van der Waals surface area contributed by atoms with Crippen molar-refractivity contribution in [3.63, 3.8) is 0 Å². The fourth-order valence-electron chi connectivity index (χ4n) is 4.27. The second kappa shape index (κ2) is 8.28. The number of aromatic nitrogens is 1. The second-order valence-corrected chi connectivity index (χ2v) is 8.44. The number of aryl methyl sites for hydroxylation is 1. The fraction of sp³-hybridized carbons (Fsp3) is 0.522. The molecule has 4 rings (SSSR count). The molecule has 0 saturated carbocycles. The summed E-state index contributed by atoms with van der Waals surface area (Å²) in [5.41, 5.74) is 2.30. The minimum absolute atomic E-state index is 0.0448. The van der Waals surface area contributed by atoms with Crippen LogP contribution in [0.1, 0.15) is 43.9 Å². The molecule has 2 saturated heterocycles. The number of hydrogen-bond acceptors (Lipinski definition) is 5. The van der Waals surface area contributed by atoms with Crippen LogP contribution in [-0.4, -0.2) is 42.0 Å². The number of nitrogens with zero attached hydrogens (tertiary/aromatic N) is 4. The Morgan fingerprint density at radius 3 is 2.59 bits per heavy atom. The Hall–Kier alpha value is -2.81. The number of amides is 1. The zero-order chi connectivity index (χ0) is 20.4. The van der Waals surface area contributed by atoms with Crippen molar-refractivity contribution in [1.82, 2.24) is 9.88 Å². The second-order valence-electron chi connectivity index (χ2n) is 8.44. The quantitative estimate of drug-likeness (QED) is 0.789. The first-order chi connectivity index (χ1) is 14.0. The highest BCUT2D eigenvalue weighted by atomic mass is 16.4. The van der Waals surface area contributed by atoms with Crippen LogP contribution in [0.4, 0.5) is 5.88 Å². The van der Waals surface area contributed by atoms with Gasteiger partial charge in [-0.3, -0.25) is 4.79 Å². The van der Waals surface area contributed by atoms with Gasteiger partial charge in [0.25, 0.3) is 0 Å². The maximum Gasteiger partial charge on any atom is 0.235 e. The van der Waals surface area contributed by atoms with Crippen LogP contribution in [-0.2, 0) is 4.79 Å². The molecule has 2 aliphatic heterocycles. The summed E-state index contributed by atoms with van der Waals surface area (Å²) in [7, 11) is 0. The summed E-state index contributed by atoms with van der Waals surface area (Å²) in [6.45, 7) is 7.36. The number of likely N-dealkylation sites (tertiary alicyclic amines) is 1. The minimum atomic E-state index is -0.0448. The third kappa shape index (κ3) is 4.14. The van der Waals surface area contributed by atoms with E-state index in [0.29, 0.717) is 29.9 Å². The lowest BCUT2D eigenvalue weighted by Crippen LogP contribution is -2.47. The Kier molecular flexibility index (Phi) is 5.57. The molecule has 0 spiro atoms. The standard InChI is InChI=1S/C23H28N4O2/c1-16-5-7-18(8-6-16)21-25-20(14-24)23(29-21)27-11-3-4-19(15-27)22(28)26-12-9-17(2)10-13-26/h5-8,17,19H,3-4,9-13,15H2,1-2H3. The predicted molar refractivity (Wildman–Crippen MR) is 111 cm³/mol. The number of anilines is 1. The largest absolute Gasteiger partial charge is 0.419 e. The van der Waals surface area contributed by atoms with E-state index in [4.69, 9.17) is 4.42 Å². The predicted octanol–water partition coefficient (Wildman–Crippen LogP) is 4.00. The summed E-state index contributed by atoms with van der Waals surface area (Å²) >= 11 is 0. The lowest BCUT2D eigenvalue weighted by molar-refractivity contribution is -0.137. The maximum atomic E-state index is 13.0. The van der Waals surface area contributed by atoms with Crippen molar-refractivity contribution in [2.24, 2.45) is 11.8 Å². The van der Waals surface area contributed by atoms with Gasteiger partial charge in [-0.1, -0.05) is 24.6 Å². The summed E-state index contributed by atoms with van der Waals surface area (Å²) in [6.07, 6.45) is 3.97. The first kappa shape index (κ1) is 19.5. The lowest BCUT2D eigenvalue weighted by Gasteiger charge is -2.37. The number of piperidine rings is 2. The number of nitriles is 1. The van der Waals surface area contributed by atoms with Gasteiger partial charge in [-0.05, 0) is 50.7 Å². The monoisotopic (exact) mass is 392 g/mol. The molecule has 2 aromatic rings. The molecule has 1 unspecified atom stereocenters. The van der Waals surface area contributed by atoms with Gasteiger partial charge in [0.2, 0.25) is 23.4 Å². The molecule has 1 atom stereocenters. The Morgan fingerprint density at radius 1 is 1.17 bits per heavy atom. The number of benzene rings is 1. The van der Waals surface area contributed by atoms with Gasteiger partial charge in [-0.15, -0.1) is 0 Å². The summed E-state index contributed by atoms with van der Waals surface area (Å²) in [5, 5.41) is 9.58. The zero-order valence-electron chi connectivity index (χ0n) is 17.2. The van der Waals surface area contributed by atoms with E-state index in [1.54, 1.807) is 0 Å². The first-order valence-corrected chi connectivity index (χ1v) is 10.6. The van der Waals surface area contributed by atoms with Gasteiger partial charge in [0, 0.05) is 31.7 Å². The Morgan fingerprint density at radius 2 is 1.90 bits per heavy atom. The normalized spacial score (nSPS) is 20.5. The van der Waals surface area contributed by atoms with E-state index < -0.39 is 0 Å². The molecule has 0 N–H and O–H groups in total. The molecular weight excluding hydrogens is 364 g/mol. The van der Waals surface area contributed by atoms with Crippen molar-refractivity contribution < 1.29 is 9.21 Å². The Balaban J connectivity index is 1.51. The van der Waals surface area contributed by atoms with Crippen molar-refractivity contribution in [2.45, 2.75) is 39.5 Å². The first-order valence-electron chi connectivity index (χ1n) is 10.6. The van der Waals surface area contributed by atoms with Crippen LogP contribution in [0, 0.1) is 30.1 Å². The average molecular weight is 393 g/mol. The topological polar surface area (TPSA) is 73.4 Å². The molecule has 2 aliphatic rings. The number of carbonyl (C=O) groups is 1. The number of hydrogen-bond donors (Lipinski definition) is 0. The van der Waals surface area contributed by atoms with Gasteiger partial charge >= 0.3 is 0 Å². The van der Waals surface area contributed by atoms with Crippen LogP contribution in [0.2, 0.25) is 0 Å². The summed E-state index contributed by atoms with van der Waals surface area (Å²) in [4.78, 5) is 21.5. The highest BCUT2D eigenvalue weighted by molar-refractivity contribution is 5.80. The minimum Gasteiger partial charge on any atom is -0.419 e. The van der Waals surface area contributed by atoms with Crippen molar-refractivity contribution in [1.29, 1.82) is 5.26 Å². The maximum absolute atomic E-state index is 13.0. The average Bonchev–Trinajstić information content (AvgIpc) is 3.19. The molecule has 0 bridgehead atoms. The van der Waals surface area contributed by atoms with E-state index in [1.807, 2.05) is 41.0 Å². The van der Waals surface area contributed by atoms with Gasteiger partial charge in [0.1, 0.15) is 6.07 Å². The van der Waals surface area contributed by atoms with Gasteiger partial charge in [-0.2, -0.15) is 10.2 Å². The highest BCUT2D eigenvalue weighted by Gasteiger charge is 2.33. The molecule has 1 aromatic heterocycles. The van der Waals surface area contributed by atoms with Crippen LogP contribution in [0.15, 0.2) is 28.7 Å². The molecule has 1 aromatic carbocycles. The van der Waals surface area contributed by atoms with Gasteiger partial charge in [0.15, 0.2) is 0 Å². The Labute approximate surface area is 172 Å². The molecule has 0 aliphatic carbocycles. The molecule has 6 heteroatoms. The Bertz CT molecular complexity index is 904. The van der Waals surface area contributed by atoms with Crippen LogP contribution < -0.4 is 4.90 Å². The van der Waals surface area contributed by atoms with Crippen LogP contribution in [0.25, 0.3) is 11.5 Å². The van der Waals surface area contributed by atoms with Gasteiger partial charge in [0.05, 0.1) is 5.92 Å². The van der Waals surface area contributed by atoms with Crippen molar-refractivity contribution in [3.05, 3.63) is 35.5 Å². The van der Waals surface area contributed by atoms with E-state index in [2.05, 4.69) is 18.0 Å². The lowest BCUT2D eigenvalue weighted by atomic mass is 9.93. The summed E-state index contributed by atoms with van der Waals surface area (Å²) < 4.78 is 6.03. The molecule has 29 heavy (non-hydrogen) atoms. The van der Waals surface area contributed by atoms with Crippen molar-refractivity contribution in [2.75, 3.05) is 31.1 Å². The zero-order valence-corrected chi connectivity index (χ0v) is 17.2. The van der Waals surface area contributed by atoms with Gasteiger partial charge in [-0.25, -0.2) is 0 Å². The molecule has 3 heterocycles. The summed E-state index contributed by atoms with van der Waals surface area (Å²) in [6, 6.07) is 10.1. The van der Waals surface area contributed by atoms with Crippen LogP contribution in [0.5, 0.6) is 0 Å². The van der Waals surface area contributed by atoms with E-state index >= 15 is 0 Å². The van der Waals surface area contributed by atoms with E-state index in [9.17, 15) is 10.1 Å². The van der Waals surface area contributed by atoms with Crippen LogP contribution >= 0.6 is 0 Å². The van der Waals surface area contributed by atoms with Crippen LogP contribution in [0.3, 0.4) is 0 Å². The third-order valence-electron chi connectivity index (χ3n) is 6.17. The van der Waals surface area contributed by atoms with E-state index in [1.165, 1.54) is 0 Å². The third-order valence-corrected chi connectivity index (χ3v) is 6.17. The smallest absolute Gasteiger partial charge is 0.235 e. The number of rotatable bonds is 3. The molecular formula is C23H28N4O2. The molecule has 152 valence electrons. The van der Waals surface area contributed by atoms with Crippen molar-refractivity contribution in [3.8, 4) is 17.5 Å². The van der Waals surface area contributed by atoms with E-state index in [-0.39, 0.29) is 11.8 Å². The molecule has 6 nitrogen and oxygen atoms in total. The SMILES string of the molecule is Cc1ccc(-c2nc(C#N)c(N3CCCC(C(=O)N4CCC(C)CC4)C3)o2)cc1.